The Labute approximate surface area is 184 Å². The molecule has 0 aromatic heterocycles. The topological polar surface area (TPSA) is 83.6 Å². The fourth-order valence-electron chi connectivity index (χ4n) is 2.82. The van der Waals surface area contributed by atoms with Crippen molar-refractivity contribution in [1.29, 1.82) is 0 Å². The normalized spacial score (nSPS) is 11.4. The van der Waals surface area contributed by atoms with Gasteiger partial charge < -0.3 is 5.32 Å². The number of nitrogens with one attached hydrogen (secondary N) is 1. The van der Waals surface area contributed by atoms with Crippen LogP contribution in [0.5, 0.6) is 0 Å². The van der Waals surface area contributed by atoms with Crippen LogP contribution in [0.25, 0.3) is 0 Å². The van der Waals surface area contributed by atoms with Gasteiger partial charge in [-0.25, -0.2) is 12.8 Å². The summed E-state index contributed by atoms with van der Waals surface area (Å²) in [5.74, 6) is -1.57. The molecule has 160 valence electrons. The summed E-state index contributed by atoms with van der Waals surface area (Å²) in [7, 11) is -2.77. The Morgan fingerprint density at radius 3 is 2.29 bits per heavy atom. The van der Waals surface area contributed by atoms with E-state index in [0.717, 1.165) is 28.6 Å². The average molecular weight is 461 g/mol. The van der Waals surface area contributed by atoms with Crippen molar-refractivity contribution < 1.29 is 22.4 Å². The number of anilines is 1. The smallest absolute Gasteiger partial charge is 0.243 e. The first-order valence-corrected chi connectivity index (χ1v) is 10.9. The maximum atomic E-state index is 13.1. The number of likely N-dealkylation sites (N-methyl/N-ethyl adjacent to an activating group) is 1. The number of ketones is 1. The summed E-state index contributed by atoms with van der Waals surface area (Å²) in [6.07, 6.45) is 0. The SMILES string of the molecule is CN(CC(=O)Nc1ccc(Cl)cc1C(=O)c1ccccc1)S(=O)(=O)c1ccc(F)cc1. The van der Waals surface area contributed by atoms with Crippen LogP contribution in [0.1, 0.15) is 15.9 Å². The molecule has 0 aliphatic carbocycles. The number of carbonyl (C=O) groups is 2. The molecule has 3 aromatic carbocycles. The first-order chi connectivity index (χ1) is 14.7. The number of sulfonamides is 1. The molecule has 0 unspecified atom stereocenters. The van der Waals surface area contributed by atoms with E-state index in [9.17, 15) is 22.4 Å². The number of hydrogen-bond donors (Lipinski definition) is 1. The van der Waals surface area contributed by atoms with Gasteiger partial charge in [-0.05, 0) is 42.5 Å². The van der Waals surface area contributed by atoms with E-state index in [1.807, 2.05) is 0 Å². The van der Waals surface area contributed by atoms with Gasteiger partial charge in [0.1, 0.15) is 5.82 Å². The fourth-order valence-corrected chi connectivity index (χ4v) is 4.12. The molecule has 0 saturated heterocycles. The van der Waals surface area contributed by atoms with E-state index in [0.29, 0.717) is 10.6 Å². The number of halogens is 2. The lowest BCUT2D eigenvalue weighted by Crippen LogP contribution is -2.35. The monoisotopic (exact) mass is 460 g/mol. The average Bonchev–Trinajstić information content (AvgIpc) is 2.75. The fraction of sp³-hybridized carbons (Fsp3) is 0.0909. The van der Waals surface area contributed by atoms with Crippen molar-refractivity contribution in [2.75, 3.05) is 18.9 Å². The second-order valence-electron chi connectivity index (χ2n) is 6.65. The summed E-state index contributed by atoms with van der Waals surface area (Å²) in [5, 5.41) is 2.88. The highest BCUT2D eigenvalue weighted by atomic mass is 35.5. The molecule has 3 rings (SSSR count). The van der Waals surface area contributed by atoms with Gasteiger partial charge in [0.15, 0.2) is 5.78 Å². The molecule has 0 saturated carbocycles. The molecule has 1 N–H and O–H groups in total. The molecule has 0 spiro atoms. The molecule has 3 aromatic rings. The third-order valence-electron chi connectivity index (χ3n) is 4.42. The zero-order valence-corrected chi connectivity index (χ0v) is 18.0. The van der Waals surface area contributed by atoms with Crippen LogP contribution in [0, 0.1) is 5.82 Å². The minimum atomic E-state index is -4.00. The van der Waals surface area contributed by atoms with Crippen LogP contribution in [-0.2, 0) is 14.8 Å². The van der Waals surface area contributed by atoms with Crippen molar-refractivity contribution in [2.24, 2.45) is 0 Å². The second kappa shape index (κ2) is 9.38. The quantitative estimate of drug-likeness (QED) is 0.541. The first kappa shape index (κ1) is 22.6. The molecule has 0 bridgehead atoms. The minimum absolute atomic E-state index is 0.143. The Balaban J connectivity index is 1.79. The van der Waals surface area contributed by atoms with Crippen molar-refractivity contribution in [1.82, 2.24) is 4.31 Å². The number of hydrogen-bond acceptors (Lipinski definition) is 4. The highest BCUT2D eigenvalue weighted by Gasteiger charge is 2.24. The van der Waals surface area contributed by atoms with Crippen molar-refractivity contribution in [3.8, 4) is 0 Å². The van der Waals surface area contributed by atoms with Crippen LogP contribution >= 0.6 is 11.6 Å². The van der Waals surface area contributed by atoms with Gasteiger partial charge in [-0.3, -0.25) is 9.59 Å². The van der Waals surface area contributed by atoms with Crippen molar-refractivity contribution in [3.05, 3.63) is 94.8 Å². The third kappa shape index (κ3) is 5.35. The maximum absolute atomic E-state index is 13.1. The molecule has 0 fully saturated rings. The zero-order chi connectivity index (χ0) is 22.6. The molecule has 0 atom stereocenters. The summed E-state index contributed by atoms with van der Waals surface area (Å²) in [4.78, 5) is 25.2. The number of nitrogens with zero attached hydrogens (tertiary/aromatic N) is 1. The van der Waals surface area contributed by atoms with E-state index >= 15 is 0 Å². The molecular formula is C22H18ClFN2O4S. The van der Waals surface area contributed by atoms with Gasteiger partial charge in [-0.15, -0.1) is 0 Å². The van der Waals surface area contributed by atoms with E-state index < -0.39 is 28.3 Å². The van der Waals surface area contributed by atoms with Crippen LogP contribution in [0.15, 0.2) is 77.7 Å². The molecule has 9 heteroatoms. The summed E-state index contributed by atoms with van der Waals surface area (Å²) >= 11 is 6.03. The van der Waals surface area contributed by atoms with Crippen LogP contribution < -0.4 is 5.32 Å². The van der Waals surface area contributed by atoms with Crippen LogP contribution in [0.3, 0.4) is 0 Å². The van der Waals surface area contributed by atoms with Crippen molar-refractivity contribution in [2.45, 2.75) is 4.90 Å². The van der Waals surface area contributed by atoms with Gasteiger partial charge >= 0.3 is 0 Å². The molecule has 6 nitrogen and oxygen atoms in total. The van der Waals surface area contributed by atoms with Crippen LogP contribution in [0.2, 0.25) is 5.02 Å². The van der Waals surface area contributed by atoms with Gasteiger partial charge in [0, 0.05) is 23.2 Å². The highest BCUT2D eigenvalue weighted by molar-refractivity contribution is 7.89. The van der Waals surface area contributed by atoms with Gasteiger partial charge in [0.05, 0.1) is 17.1 Å². The van der Waals surface area contributed by atoms with Crippen molar-refractivity contribution in [3.63, 3.8) is 0 Å². The third-order valence-corrected chi connectivity index (χ3v) is 6.48. The number of rotatable bonds is 7. The van der Waals surface area contributed by atoms with E-state index in [4.69, 9.17) is 11.6 Å². The first-order valence-electron chi connectivity index (χ1n) is 9.09. The Kier molecular flexibility index (Phi) is 6.84. The molecule has 0 aliphatic rings. The minimum Gasteiger partial charge on any atom is -0.324 e. The molecule has 0 aliphatic heterocycles. The van der Waals surface area contributed by atoms with E-state index in [-0.39, 0.29) is 21.9 Å². The zero-order valence-electron chi connectivity index (χ0n) is 16.4. The number of benzene rings is 3. The van der Waals surface area contributed by atoms with Gasteiger partial charge in [0.25, 0.3) is 0 Å². The van der Waals surface area contributed by atoms with Gasteiger partial charge in [0.2, 0.25) is 15.9 Å². The predicted molar refractivity (Wildman–Crippen MR) is 116 cm³/mol. The Bertz CT molecular complexity index is 1220. The Hall–Kier alpha value is -3.07. The highest BCUT2D eigenvalue weighted by Crippen LogP contribution is 2.24. The molecular weight excluding hydrogens is 443 g/mol. The Morgan fingerprint density at radius 1 is 1.00 bits per heavy atom. The summed E-state index contributed by atoms with van der Waals surface area (Å²) in [6.45, 7) is -0.513. The summed E-state index contributed by atoms with van der Waals surface area (Å²) in [5.41, 5.74) is 0.795. The Morgan fingerprint density at radius 2 is 1.65 bits per heavy atom. The molecule has 0 heterocycles. The lowest BCUT2D eigenvalue weighted by molar-refractivity contribution is -0.116. The largest absolute Gasteiger partial charge is 0.324 e. The summed E-state index contributed by atoms with van der Waals surface area (Å²) in [6, 6.07) is 17.2. The second-order valence-corrected chi connectivity index (χ2v) is 9.13. The standard InChI is InChI=1S/C22H18ClFN2O4S/c1-26(31(29,30)18-10-8-17(24)9-11-18)14-21(27)25-20-12-7-16(23)13-19(20)22(28)15-5-3-2-4-6-15/h2-13H,14H2,1H3,(H,25,27). The maximum Gasteiger partial charge on any atom is 0.243 e. The number of carbonyl (C=O) groups excluding carboxylic acids is 2. The van der Waals surface area contributed by atoms with Gasteiger partial charge in [-0.2, -0.15) is 4.31 Å². The van der Waals surface area contributed by atoms with Gasteiger partial charge in [-0.1, -0.05) is 41.9 Å². The van der Waals surface area contributed by atoms with Crippen LogP contribution in [-0.4, -0.2) is 38.0 Å². The van der Waals surface area contributed by atoms with E-state index in [1.165, 1.54) is 25.2 Å². The predicted octanol–water partition coefficient (Wildman–Crippen LogP) is 3.97. The van der Waals surface area contributed by atoms with Crippen molar-refractivity contribution >= 4 is 39.0 Å². The lowest BCUT2D eigenvalue weighted by Gasteiger charge is -2.18. The molecule has 1 amide bonds. The van der Waals surface area contributed by atoms with E-state index in [2.05, 4.69) is 5.32 Å². The molecule has 31 heavy (non-hydrogen) atoms. The lowest BCUT2D eigenvalue weighted by atomic mass is 10.0. The summed E-state index contributed by atoms with van der Waals surface area (Å²) < 4.78 is 39.1. The van der Waals surface area contributed by atoms with Crippen LogP contribution in [0.4, 0.5) is 10.1 Å². The number of amides is 1. The molecule has 0 radical (unpaired) electrons. The van der Waals surface area contributed by atoms with E-state index in [1.54, 1.807) is 30.3 Å².